The fourth-order valence-electron chi connectivity index (χ4n) is 2.56. The molecular formula is C15H12N3OS+. The highest BCUT2D eigenvalue weighted by Gasteiger charge is 2.41. The van der Waals surface area contributed by atoms with Crippen molar-refractivity contribution in [3.8, 4) is 0 Å². The van der Waals surface area contributed by atoms with E-state index >= 15 is 0 Å². The molecule has 5 heteroatoms. The molecule has 20 heavy (non-hydrogen) atoms. The standard InChI is InChI=1S/C15H11N3OS/c1-9-6-7-12(20-9)14-15(19)18-11-5-3-2-4-10(11)16-8-13(18)17-14/h2-8,14H,1H3/p+1. The molecule has 4 nitrogen and oxygen atoms in total. The first-order valence-corrected chi connectivity index (χ1v) is 7.22. The summed E-state index contributed by atoms with van der Waals surface area (Å²) in [5, 5.41) is 3.27. The first-order chi connectivity index (χ1) is 9.74. The van der Waals surface area contributed by atoms with Gasteiger partial charge in [-0.15, -0.1) is 11.3 Å². The van der Waals surface area contributed by atoms with E-state index in [0.29, 0.717) is 0 Å². The van der Waals surface area contributed by atoms with E-state index in [9.17, 15) is 4.79 Å². The van der Waals surface area contributed by atoms with Crippen molar-refractivity contribution in [2.45, 2.75) is 13.0 Å². The van der Waals surface area contributed by atoms with Crippen LogP contribution in [0, 0.1) is 6.92 Å². The zero-order chi connectivity index (χ0) is 13.7. The van der Waals surface area contributed by atoms with Gasteiger partial charge in [-0.25, -0.2) is 9.78 Å². The van der Waals surface area contributed by atoms with Crippen LogP contribution in [0.3, 0.4) is 0 Å². The summed E-state index contributed by atoms with van der Waals surface area (Å²) in [6, 6.07) is 11.4. The summed E-state index contributed by atoms with van der Waals surface area (Å²) < 4.78 is 1.72. The number of thiophene rings is 1. The van der Waals surface area contributed by atoms with Gasteiger partial charge in [-0.3, -0.25) is 5.32 Å². The number of hydrogen-bond donors (Lipinski definition) is 1. The molecule has 0 aliphatic carbocycles. The smallest absolute Gasteiger partial charge is 0.254 e. The van der Waals surface area contributed by atoms with Crippen LogP contribution in [0.2, 0.25) is 0 Å². The van der Waals surface area contributed by atoms with Crippen LogP contribution in [0.25, 0.3) is 11.0 Å². The number of anilines is 1. The van der Waals surface area contributed by atoms with Crippen molar-refractivity contribution in [1.82, 2.24) is 4.98 Å². The molecule has 3 aromatic rings. The number of para-hydroxylation sites is 2. The van der Waals surface area contributed by atoms with Crippen molar-refractivity contribution in [3.05, 3.63) is 52.3 Å². The monoisotopic (exact) mass is 282 g/mol. The van der Waals surface area contributed by atoms with E-state index in [0.717, 1.165) is 21.7 Å². The minimum Gasteiger partial charge on any atom is -0.254 e. The van der Waals surface area contributed by atoms with Crippen molar-refractivity contribution in [3.63, 3.8) is 0 Å². The normalized spacial score (nSPS) is 17.2. The molecule has 4 rings (SSSR count). The molecule has 1 aliphatic heterocycles. The number of carbonyl (C=O) groups is 1. The summed E-state index contributed by atoms with van der Waals surface area (Å²) in [6.45, 7) is 2.05. The lowest BCUT2D eigenvalue weighted by Crippen LogP contribution is -2.41. The van der Waals surface area contributed by atoms with E-state index in [4.69, 9.17) is 0 Å². The van der Waals surface area contributed by atoms with E-state index in [1.165, 1.54) is 4.88 Å². The zero-order valence-corrected chi connectivity index (χ0v) is 11.6. The van der Waals surface area contributed by atoms with Gasteiger partial charge in [0.2, 0.25) is 6.04 Å². The van der Waals surface area contributed by atoms with E-state index < -0.39 is 0 Å². The molecule has 0 bridgehead atoms. The molecular weight excluding hydrogens is 270 g/mol. The first-order valence-electron chi connectivity index (χ1n) is 6.41. The summed E-state index contributed by atoms with van der Waals surface area (Å²) in [7, 11) is 0. The van der Waals surface area contributed by atoms with Gasteiger partial charge in [0.15, 0.2) is 5.52 Å². The largest absolute Gasteiger partial charge is 0.365 e. The lowest BCUT2D eigenvalue weighted by molar-refractivity contribution is -0.524. The molecule has 3 heterocycles. The maximum absolute atomic E-state index is 12.7. The van der Waals surface area contributed by atoms with E-state index in [1.54, 1.807) is 22.1 Å². The summed E-state index contributed by atoms with van der Waals surface area (Å²) in [4.78, 5) is 19.3. The Morgan fingerprint density at radius 1 is 1.25 bits per heavy atom. The first kappa shape index (κ1) is 11.5. The number of aromatic nitrogens is 2. The Kier molecular flexibility index (Phi) is 2.37. The molecule has 0 saturated heterocycles. The quantitative estimate of drug-likeness (QED) is 0.698. The third kappa shape index (κ3) is 1.56. The number of rotatable bonds is 1. The Hall–Kier alpha value is -2.27. The van der Waals surface area contributed by atoms with Gasteiger partial charge in [-0.1, -0.05) is 12.1 Å². The number of aryl methyl sites for hydroxylation is 1. The van der Waals surface area contributed by atoms with Gasteiger partial charge in [0, 0.05) is 4.88 Å². The van der Waals surface area contributed by atoms with Gasteiger partial charge in [0.1, 0.15) is 11.7 Å². The van der Waals surface area contributed by atoms with Crippen LogP contribution in [0.1, 0.15) is 20.6 Å². The molecule has 1 aromatic carbocycles. The summed E-state index contributed by atoms with van der Waals surface area (Å²) in [6.07, 6.45) is 1.72. The minimum absolute atomic E-state index is 0.0560. The lowest BCUT2D eigenvalue weighted by atomic mass is 10.2. The maximum atomic E-state index is 12.7. The Labute approximate surface area is 119 Å². The SMILES string of the molecule is Cc1ccc(C2Nc3cnc4ccccc4[n+]3C2=O)s1. The third-order valence-corrected chi connectivity index (χ3v) is 4.56. The van der Waals surface area contributed by atoms with Gasteiger partial charge >= 0.3 is 11.7 Å². The Balaban J connectivity index is 1.88. The third-order valence-electron chi connectivity index (χ3n) is 3.49. The van der Waals surface area contributed by atoms with E-state index in [-0.39, 0.29) is 11.9 Å². The highest BCUT2D eigenvalue weighted by molar-refractivity contribution is 7.12. The van der Waals surface area contributed by atoms with Crippen LogP contribution in [0.15, 0.2) is 42.6 Å². The van der Waals surface area contributed by atoms with Crippen molar-refractivity contribution in [2.24, 2.45) is 0 Å². The highest BCUT2D eigenvalue weighted by Crippen LogP contribution is 2.29. The van der Waals surface area contributed by atoms with Crippen molar-refractivity contribution in [2.75, 3.05) is 5.32 Å². The predicted molar refractivity (Wildman–Crippen MR) is 78.0 cm³/mol. The molecule has 0 spiro atoms. The Morgan fingerprint density at radius 2 is 2.10 bits per heavy atom. The molecule has 1 aliphatic rings. The molecule has 1 unspecified atom stereocenters. The molecule has 1 atom stereocenters. The summed E-state index contributed by atoms with van der Waals surface area (Å²) in [5.74, 6) is 0.810. The van der Waals surface area contributed by atoms with Gasteiger partial charge in [-0.2, -0.15) is 4.57 Å². The molecule has 0 saturated carbocycles. The average molecular weight is 282 g/mol. The number of fused-ring (bicyclic) bond motifs is 3. The van der Waals surface area contributed by atoms with Gasteiger partial charge < -0.3 is 0 Å². The highest BCUT2D eigenvalue weighted by atomic mass is 32.1. The number of benzene rings is 1. The van der Waals surface area contributed by atoms with Crippen LogP contribution in [-0.4, -0.2) is 10.9 Å². The van der Waals surface area contributed by atoms with Gasteiger partial charge in [-0.05, 0) is 31.2 Å². The fourth-order valence-corrected chi connectivity index (χ4v) is 3.48. The molecule has 0 fully saturated rings. The van der Waals surface area contributed by atoms with Crippen molar-refractivity contribution >= 4 is 34.1 Å². The summed E-state index contributed by atoms with van der Waals surface area (Å²) >= 11 is 1.65. The van der Waals surface area contributed by atoms with Crippen LogP contribution < -0.4 is 9.88 Å². The molecule has 0 amide bonds. The maximum Gasteiger partial charge on any atom is 0.365 e. The second-order valence-corrected chi connectivity index (χ2v) is 6.15. The van der Waals surface area contributed by atoms with Gasteiger partial charge in [0.05, 0.1) is 4.88 Å². The number of nitrogens with zero attached hydrogens (tertiary/aromatic N) is 2. The van der Waals surface area contributed by atoms with Crippen LogP contribution >= 0.6 is 11.3 Å². The summed E-state index contributed by atoms with van der Waals surface area (Å²) in [5.41, 5.74) is 1.67. The molecule has 1 N–H and O–H groups in total. The molecule has 98 valence electrons. The number of carbonyl (C=O) groups excluding carboxylic acids is 1. The van der Waals surface area contributed by atoms with Crippen LogP contribution in [-0.2, 0) is 0 Å². The molecule has 2 aromatic heterocycles. The lowest BCUT2D eigenvalue weighted by Gasteiger charge is -1.98. The second-order valence-electron chi connectivity index (χ2n) is 4.83. The average Bonchev–Trinajstić information content (AvgIpc) is 3.03. The molecule has 0 radical (unpaired) electrons. The van der Waals surface area contributed by atoms with Gasteiger partial charge in [0.25, 0.3) is 0 Å². The van der Waals surface area contributed by atoms with Crippen molar-refractivity contribution < 1.29 is 9.36 Å². The number of nitrogens with one attached hydrogen (secondary N) is 1. The fraction of sp³-hybridized carbons (Fsp3) is 0.133. The Bertz CT molecular complexity index is 840. The number of hydrogen-bond acceptors (Lipinski definition) is 4. The predicted octanol–water partition coefficient (Wildman–Crippen LogP) is 2.70. The minimum atomic E-state index is -0.304. The second kappa shape index (κ2) is 4.11. The van der Waals surface area contributed by atoms with Crippen LogP contribution in [0.5, 0.6) is 0 Å². The van der Waals surface area contributed by atoms with E-state index in [1.807, 2.05) is 43.3 Å². The van der Waals surface area contributed by atoms with Crippen LogP contribution in [0.4, 0.5) is 5.82 Å². The zero-order valence-electron chi connectivity index (χ0n) is 10.8. The van der Waals surface area contributed by atoms with Crippen molar-refractivity contribution in [1.29, 1.82) is 0 Å². The topological polar surface area (TPSA) is 45.9 Å². The van der Waals surface area contributed by atoms with E-state index in [2.05, 4.69) is 10.3 Å². The Morgan fingerprint density at radius 3 is 2.90 bits per heavy atom.